The van der Waals surface area contributed by atoms with E-state index in [4.69, 9.17) is 14.0 Å². The lowest BCUT2D eigenvalue weighted by molar-refractivity contribution is 0.0947. The number of aromatic nitrogens is 1. The lowest BCUT2D eigenvalue weighted by atomic mass is 10.1. The van der Waals surface area contributed by atoms with Crippen molar-refractivity contribution in [3.8, 4) is 11.5 Å². The number of nitrogens with zero attached hydrogens (tertiary/aromatic N) is 1. The van der Waals surface area contributed by atoms with Gasteiger partial charge in [0.05, 0.1) is 31.2 Å². The van der Waals surface area contributed by atoms with Crippen LogP contribution in [-0.4, -0.2) is 25.3 Å². The largest absolute Gasteiger partial charge is 0.497 e. The molecule has 0 saturated carbocycles. The standard InChI is InChI=1S/C21H22N2O4S/c1-14-10-17(27-23-14)13-28-20-7-5-4-6-18(20)21(24)22-12-15-8-9-16(25-2)11-19(15)26-3/h4-11H,12-13H2,1-3H3,(H,22,24). The molecular formula is C21H22N2O4S. The molecule has 2 aromatic carbocycles. The molecule has 3 aromatic rings. The monoisotopic (exact) mass is 398 g/mol. The Morgan fingerprint density at radius 1 is 1.14 bits per heavy atom. The molecule has 0 spiro atoms. The molecule has 1 heterocycles. The molecule has 146 valence electrons. The van der Waals surface area contributed by atoms with Crippen molar-refractivity contribution in [3.63, 3.8) is 0 Å². The fraction of sp³-hybridized carbons (Fsp3) is 0.238. The Labute approximate surface area is 168 Å². The summed E-state index contributed by atoms with van der Waals surface area (Å²) in [6.45, 7) is 2.23. The van der Waals surface area contributed by atoms with Gasteiger partial charge < -0.3 is 19.3 Å². The zero-order valence-corrected chi connectivity index (χ0v) is 16.8. The summed E-state index contributed by atoms with van der Waals surface area (Å²) in [5, 5.41) is 6.85. The molecule has 1 aromatic heterocycles. The first kappa shape index (κ1) is 19.8. The molecule has 0 radical (unpaired) electrons. The first-order chi connectivity index (χ1) is 13.6. The average Bonchev–Trinajstić information content (AvgIpc) is 3.15. The third-order valence-electron chi connectivity index (χ3n) is 4.11. The van der Waals surface area contributed by atoms with Crippen molar-refractivity contribution >= 4 is 17.7 Å². The quantitative estimate of drug-likeness (QED) is 0.573. The predicted octanol–water partition coefficient (Wildman–Crippen LogP) is 4.22. The number of benzene rings is 2. The number of thioether (sulfide) groups is 1. The molecular weight excluding hydrogens is 376 g/mol. The first-order valence-corrected chi connectivity index (χ1v) is 9.72. The van der Waals surface area contributed by atoms with E-state index in [0.717, 1.165) is 21.9 Å². The van der Waals surface area contributed by atoms with E-state index < -0.39 is 0 Å². The van der Waals surface area contributed by atoms with Crippen molar-refractivity contribution in [1.82, 2.24) is 10.5 Å². The number of hydrogen-bond acceptors (Lipinski definition) is 6. The molecule has 6 nitrogen and oxygen atoms in total. The van der Waals surface area contributed by atoms with Gasteiger partial charge in [-0.1, -0.05) is 17.3 Å². The Bertz CT molecular complexity index is 955. The van der Waals surface area contributed by atoms with Crippen LogP contribution in [0.2, 0.25) is 0 Å². The minimum atomic E-state index is -0.144. The Morgan fingerprint density at radius 2 is 1.96 bits per heavy atom. The van der Waals surface area contributed by atoms with Gasteiger partial charge in [0.15, 0.2) is 0 Å². The number of carbonyl (C=O) groups is 1. The number of rotatable bonds is 8. The molecule has 0 aliphatic rings. The number of nitrogens with one attached hydrogen (secondary N) is 1. The number of hydrogen-bond donors (Lipinski definition) is 1. The number of aryl methyl sites for hydroxylation is 1. The van der Waals surface area contributed by atoms with Gasteiger partial charge in [-0.15, -0.1) is 11.8 Å². The normalized spacial score (nSPS) is 10.5. The summed E-state index contributed by atoms with van der Waals surface area (Å²) in [6, 6.07) is 14.9. The molecule has 28 heavy (non-hydrogen) atoms. The Morgan fingerprint density at radius 3 is 2.68 bits per heavy atom. The molecule has 1 amide bonds. The first-order valence-electron chi connectivity index (χ1n) is 8.74. The van der Waals surface area contributed by atoms with Crippen LogP contribution in [0.5, 0.6) is 11.5 Å². The van der Waals surface area contributed by atoms with Gasteiger partial charge in [0.1, 0.15) is 17.3 Å². The number of carbonyl (C=O) groups excluding carboxylic acids is 1. The van der Waals surface area contributed by atoms with E-state index in [1.807, 2.05) is 49.4 Å². The SMILES string of the molecule is COc1ccc(CNC(=O)c2ccccc2SCc2cc(C)no2)c(OC)c1. The molecule has 1 N–H and O–H groups in total. The smallest absolute Gasteiger partial charge is 0.252 e. The van der Waals surface area contributed by atoms with Crippen molar-refractivity contribution < 1.29 is 18.8 Å². The highest BCUT2D eigenvalue weighted by atomic mass is 32.2. The van der Waals surface area contributed by atoms with E-state index in [9.17, 15) is 4.79 Å². The second kappa shape index (κ2) is 9.32. The van der Waals surface area contributed by atoms with Crippen LogP contribution in [0, 0.1) is 6.92 Å². The van der Waals surface area contributed by atoms with E-state index in [1.54, 1.807) is 32.0 Å². The molecule has 0 saturated heterocycles. The zero-order chi connectivity index (χ0) is 19.9. The maximum Gasteiger partial charge on any atom is 0.252 e. The Hall–Kier alpha value is -2.93. The number of methoxy groups -OCH3 is 2. The van der Waals surface area contributed by atoms with Crippen LogP contribution in [0.4, 0.5) is 0 Å². The minimum Gasteiger partial charge on any atom is -0.497 e. The lowest BCUT2D eigenvalue weighted by Gasteiger charge is -2.12. The second-order valence-corrected chi connectivity index (χ2v) is 7.10. The summed E-state index contributed by atoms with van der Waals surface area (Å²) in [4.78, 5) is 13.6. The molecule has 0 aliphatic carbocycles. The van der Waals surface area contributed by atoms with Gasteiger partial charge in [-0.2, -0.15) is 0 Å². The number of amides is 1. The average molecular weight is 398 g/mol. The van der Waals surface area contributed by atoms with Crippen LogP contribution in [0.3, 0.4) is 0 Å². The van der Waals surface area contributed by atoms with Gasteiger partial charge >= 0.3 is 0 Å². The van der Waals surface area contributed by atoms with E-state index in [0.29, 0.717) is 29.4 Å². The third-order valence-corrected chi connectivity index (χ3v) is 5.21. The molecule has 3 rings (SSSR count). The number of ether oxygens (including phenoxy) is 2. The fourth-order valence-corrected chi connectivity index (χ4v) is 3.61. The molecule has 0 aliphatic heterocycles. The maximum absolute atomic E-state index is 12.8. The van der Waals surface area contributed by atoms with Crippen LogP contribution in [0.25, 0.3) is 0 Å². The van der Waals surface area contributed by atoms with E-state index in [2.05, 4.69) is 10.5 Å². The van der Waals surface area contributed by atoms with Crippen LogP contribution in [0.15, 0.2) is 57.9 Å². The van der Waals surface area contributed by atoms with Crippen LogP contribution in [0.1, 0.15) is 27.4 Å². The van der Waals surface area contributed by atoms with Gasteiger partial charge in [0.25, 0.3) is 5.91 Å². The van der Waals surface area contributed by atoms with Crippen molar-refractivity contribution in [3.05, 3.63) is 71.1 Å². The molecule has 0 unspecified atom stereocenters. The van der Waals surface area contributed by atoms with Gasteiger partial charge in [0.2, 0.25) is 0 Å². The highest BCUT2D eigenvalue weighted by molar-refractivity contribution is 7.98. The van der Waals surface area contributed by atoms with E-state index >= 15 is 0 Å². The topological polar surface area (TPSA) is 73.6 Å². The maximum atomic E-state index is 12.8. The summed E-state index contributed by atoms with van der Waals surface area (Å²) >= 11 is 1.54. The van der Waals surface area contributed by atoms with Crippen LogP contribution < -0.4 is 14.8 Å². The second-order valence-electron chi connectivity index (χ2n) is 6.08. The predicted molar refractivity (Wildman–Crippen MR) is 108 cm³/mol. The third kappa shape index (κ3) is 4.86. The van der Waals surface area contributed by atoms with Gasteiger partial charge in [-0.3, -0.25) is 4.79 Å². The highest BCUT2D eigenvalue weighted by Gasteiger charge is 2.13. The van der Waals surface area contributed by atoms with Crippen LogP contribution >= 0.6 is 11.8 Å². The summed E-state index contributed by atoms with van der Waals surface area (Å²) in [6.07, 6.45) is 0. The zero-order valence-electron chi connectivity index (χ0n) is 16.0. The lowest BCUT2D eigenvalue weighted by Crippen LogP contribution is -2.23. The Balaban J connectivity index is 1.67. The molecule has 7 heteroatoms. The van der Waals surface area contributed by atoms with Crippen molar-refractivity contribution in [2.75, 3.05) is 14.2 Å². The Kier molecular flexibility index (Phi) is 6.60. The summed E-state index contributed by atoms with van der Waals surface area (Å²) in [5.74, 6) is 2.62. The van der Waals surface area contributed by atoms with Crippen molar-refractivity contribution in [2.24, 2.45) is 0 Å². The fourth-order valence-electron chi connectivity index (χ4n) is 2.68. The minimum absolute atomic E-state index is 0.144. The van der Waals surface area contributed by atoms with E-state index in [-0.39, 0.29) is 5.91 Å². The summed E-state index contributed by atoms with van der Waals surface area (Å²) in [7, 11) is 3.20. The van der Waals surface area contributed by atoms with Crippen LogP contribution in [-0.2, 0) is 12.3 Å². The summed E-state index contributed by atoms with van der Waals surface area (Å²) < 4.78 is 15.8. The molecule has 0 fully saturated rings. The van der Waals surface area contributed by atoms with Gasteiger partial charge in [-0.25, -0.2) is 0 Å². The van der Waals surface area contributed by atoms with Crippen molar-refractivity contribution in [2.45, 2.75) is 24.1 Å². The van der Waals surface area contributed by atoms with E-state index in [1.165, 1.54) is 0 Å². The highest BCUT2D eigenvalue weighted by Crippen LogP contribution is 2.27. The summed E-state index contributed by atoms with van der Waals surface area (Å²) in [5.41, 5.74) is 2.34. The van der Waals surface area contributed by atoms with Gasteiger partial charge in [-0.05, 0) is 31.2 Å². The van der Waals surface area contributed by atoms with Crippen molar-refractivity contribution in [1.29, 1.82) is 0 Å². The molecule has 0 bridgehead atoms. The molecule has 0 atom stereocenters. The van der Waals surface area contributed by atoms with Gasteiger partial charge in [0, 0.05) is 29.1 Å².